The van der Waals surface area contributed by atoms with Crippen LogP contribution in [0.15, 0.2) is 12.4 Å². The maximum absolute atomic E-state index is 5.61. The molecule has 1 aliphatic rings. The summed E-state index contributed by atoms with van der Waals surface area (Å²) in [5.74, 6) is 0. The molecule has 0 spiro atoms. The Morgan fingerprint density at radius 3 is 3.17 bits per heavy atom. The van der Waals surface area contributed by atoms with Crippen LogP contribution in [0.1, 0.15) is 45.4 Å². The molecular formula is C14H25N3O. The highest BCUT2D eigenvalue weighted by Crippen LogP contribution is 2.15. The fraction of sp³-hybridized carbons (Fsp3) is 0.786. The predicted molar refractivity (Wildman–Crippen MR) is 73.8 cm³/mol. The summed E-state index contributed by atoms with van der Waals surface area (Å²) in [4.78, 5) is 0. The van der Waals surface area contributed by atoms with Crippen LogP contribution in [-0.2, 0) is 11.3 Å². The molecule has 1 aliphatic heterocycles. The quantitative estimate of drug-likeness (QED) is 0.722. The fourth-order valence-corrected chi connectivity index (χ4v) is 2.34. The maximum atomic E-state index is 5.61. The Balaban J connectivity index is 1.65. The molecule has 1 unspecified atom stereocenters. The van der Waals surface area contributed by atoms with Gasteiger partial charge in [0.15, 0.2) is 0 Å². The lowest BCUT2D eigenvalue weighted by atomic mass is 10.2. The standard InChI is InChI=1S/C14H25N3O/c1-2-3-4-5-8-15-13-10-16-17(11-13)12-14-7-6-9-18-14/h10-11,14-15H,2-9,12H2,1H3. The fourth-order valence-electron chi connectivity index (χ4n) is 2.34. The second-order valence-corrected chi connectivity index (χ2v) is 5.07. The molecule has 4 heteroatoms. The van der Waals surface area contributed by atoms with Gasteiger partial charge in [-0.05, 0) is 19.3 Å². The van der Waals surface area contributed by atoms with Gasteiger partial charge in [-0.1, -0.05) is 26.2 Å². The third kappa shape index (κ3) is 4.33. The molecule has 0 aromatic carbocycles. The minimum Gasteiger partial charge on any atom is -0.383 e. The molecule has 18 heavy (non-hydrogen) atoms. The summed E-state index contributed by atoms with van der Waals surface area (Å²) in [6.07, 6.45) is 11.9. The number of hydrogen-bond acceptors (Lipinski definition) is 3. The maximum Gasteiger partial charge on any atom is 0.0771 e. The number of unbranched alkanes of at least 4 members (excludes halogenated alkanes) is 3. The highest BCUT2D eigenvalue weighted by Gasteiger charge is 2.16. The average Bonchev–Trinajstić information content (AvgIpc) is 3.02. The Bertz CT molecular complexity index is 332. The molecular weight excluding hydrogens is 226 g/mol. The smallest absolute Gasteiger partial charge is 0.0771 e. The average molecular weight is 251 g/mol. The topological polar surface area (TPSA) is 39.1 Å². The van der Waals surface area contributed by atoms with Gasteiger partial charge in [-0.25, -0.2) is 0 Å². The van der Waals surface area contributed by atoms with Crippen LogP contribution < -0.4 is 5.32 Å². The molecule has 0 amide bonds. The van der Waals surface area contributed by atoms with Crippen LogP contribution in [0.3, 0.4) is 0 Å². The first kappa shape index (κ1) is 13.4. The van der Waals surface area contributed by atoms with Gasteiger partial charge in [-0.15, -0.1) is 0 Å². The predicted octanol–water partition coefficient (Wildman–Crippen LogP) is 3.05. The van der Waals surface area contributed by atoms with E-state index in [4.69, 9.17) is 4.74 Å². The Morgan fingerprint density at radius 2 is 2.39 bits per heavy atom. The van der Waals surface area contributed by atoms with Gasteiger partial charge in [0.25, 0.3) is 0 Å². The van der Waals surface area contributed by atoms with E-state index in [0.29, 0.717) is 6.10 Å². The molecule has 1 aromatic rings. The molecule has 4 nitrogen and oxygen atoms in total. The lowest BCUT2D eigenvalue weighted by Gasteiger charge is -2.08. The Hall–Kier alpha value is -1.03. The van der Waals surface area contributed by atoms with Crippen molar-refractivity contribution in [1.82, 2.24) is 9.78 Å². The van der Waals surface area contributed by atoms with Crippen LogP contribution in [0.2, 0.25) is 0 Å². The largest absolute Gasteiger partial charge is 0.383 e. The zero-order valence-corrected chi connectivity index (χ0v) is 11.4. The molecule has 0 radical (unpaired) electrons. The van der Waals surface area contributed by atoms with E-state index in [1.807, 2.05) is 10.9 Å². The van der Waals surface area contributed by atoms with Gasteiger partial charge >= 0.3 is 0 Å². The van der Waals surface area contributed by atoms with Gasteiger partial charge in [-0.3, -0.25) is 4.68 Å². The Labute approximate surface area is 110 Å². The lowest BCUT2D eigenvalue weighted by molar-refractivity contribution is 0.0940. The Morgan fingerprint density at radius 1 is 1.44 bits per heavy atom. The summed E-state index contributed by atoms with van der Waals surface area (Å²) < 4.78 is 7.60. The van der Waals surface area contributed by atoms with E-state index in [1.54, 1.807) is 0 Å². The molecule has 2 heterocycles. The van der Waals surface area contributed by atoms with E-state index in [2.05, 4.69) is 23.5 Å². The van der Waals surface area contributed by atoms with E-state index in [-0.39, 0.29) is 0 Å². The molecule has 102 valence electrons. The van der Waals surface area contributed by atoms with Gasteiger partial charge < -0.3 is 10.1 Å². The number of anilines is 1. The number of ether oxygens (including phenoxy) is 1. The van der Waals surface area contributed by atoms with Crippen molar-refractivity contribution in [3.05, 3.63) is 12.4 Å². The van der Waals surface area contributed by atoms with Crippen LogP contribution in [0, 0.1) is 0 Å². The molecule has 2 rings (SSSR count). The number of nitrogens with one attached hydrogen (secondary N) is 1. The summed E-state index contributed by atoms with van der Waals surface area (Å²) in [5.41, 5.74) is 1.13. The van der Waals surface area contributed by atoms with Crippen molar-refractivity contribution in [2.75, 3.05) is 18.5 Å². The van der Waals surface area contributed by atoms with Crippen molar-refractivity contribution in [2.24, 2.45) is 0 Å². The van der Waals surface area contributed by atoms with Crippen molar-refractivity contribution >= 4 is 5.69 Å². The van der Waals surface area contributed by atoms with Gasteiger partial charge in [-0.2, -0.15) is 5.10 Å². The van der Waals surface area contributed by atoms with Gasteiger partial charge in [0, 0.05) is 19.3 Å². The zero-order valence-electron chi connectivity index (χ0n) is 11.4. The highest BCUT2D eigenvalue weighted by atomic mass is 16.5. The number of nitrogens with zero attached hydrogens (tertiary/aromatic N) is 2. The van der Waals surface area contributed by atoms with E-state index >= 15 is 0 Å². The molecule has 1 aromatic heterocycles. The van der Waals surface area contributed by atoms with E-state index in [0.717, 1.165) is 25.4 Å². The minimum absolute atomic E-state index is 0.363. The summed E-state index contributed by atoms with van der Waals surface area (Å²) >= 11 is 0. The third-order valence-corrected chi connectivity index (χ3v) is 3.41. The Kier molecular flexibility index (Phi) is 5.52. The highest BCUT2D eigenvalue weighted by molar-refractivity contribution is 5.37. The molecule has 0 aliphatic carbocycles. The number of rotatable bonds is 8. The zero-order chi connectivity index (χ0) is 12.6. The third-order valence-electron chi connectivity index (χ3n) is 3.41. The van der Waals surface area contributed by atoms with Crippen LogP contribution in [0.5, 0.6) is 0 Å². The first-order valence-corrected chi connectivity index (χ1v) is 7.26. The SMILES string of the molecule is CCCCCCNc1cnn(CC2CCCO2)c1. The normalized spacial score (nSPS) is 19.3. The van der Waals surface area contributed by atoms with Gasteiger partial charge in [0.05, 0.1) is 24.5 Å². The van der Waals surface area contributed by atoms with Crippen molar-refractivity contribution < 1.29 is 4.74 Å². The molecule has 1 N–H and O–H groups in total. The van der Waals surface area contributed by atoms with Crippen LogP contribution >= 0.6 is 0 Å². The summed E-state index contributed by atoms with van der Waals surface area (Å²) in [5, 5.41) is 7.79. The van der Waals surface area contributed by atoms with Crippen LogP contribution in [-0.4, -0.2) is 29.0 Å². The van der Waals surface area contributed by atoms with Crippen molar-refractivity contribution in [1.29, 1.82) is 0 Å². The first-order valence-electron chi connectivity index (χ1n) is 7.26. The molecule has 0 bridgehead atoms. The van der Waals surface area contributed by atoms with Crippen molar-refractivity contribution in [3.63, 3.8) is 0 Å². The summed E-state index contributed by atoms with van der Waals surface area (Å²) in [6, 6.07) is 0. The van der Waals surface area contributed by atoms with E-state index in [9.17, 15) is 0 Å². The van der Waals surface area contributed by atoms with E-state index < -0.39 is 0 Å². The molecule has 1 atom stereocenters. The van der Waals surface area contributed by atoms with Crippen molar-refractivity contribution in [2.45, 2.75) is 58.1 Å². The van der Waals surface area contributed by atoms with Gasteiger partial charge in [0.1, 0.15) is 0 Å². The summed E-state index contributed by atoms with van der Waals surface area (Å²) in [7, 11) is 0. The monoisotopic (exact) mass is 251 g/mol. The van der Waals surface area contributed by atoms with E-state index in [1.165, 1.54) is 38.5 Å². The number of hydrogen-bond donors (Lipinski definition) is 1. The second-order valence-electron chi connectivity index (χ2n) is 5.07. The van der Waals surface area contributed by atoms with Crippen molar-refractivity contribution in [3.8, 4) is 0 Å². The van der Waals surface area contributed by atoms with Crippen LogP contribution in [0.4, 0.5) is 5.69 Å². The second kappa shape index (κ2) is 7.41. The minimum atomic E-state index is 0.363. The number of aromatic nitrogens is 2. The summed E-state index contributed by atoms with van der Waals surface area (Å²) in [6.45, 7) is 5.08. The van der Waals surface area contributed by atoms with Crippen LogP contribution in [0.25, 0.3) is 0 Å². The lowest BCUT2D eigenvalue weighted by Crippen LogP contribution is -2.15. The first-order chi connectivity index (χ1) is 8.88. The molecule has 1 fully saturated rings. The molecule has 1 saturated heterocycles. The molecule has 0 saturated carbocycles. The van der Waals surface area contributed by atoms with Gasteiger partial charge in [0.2, 0.25) is 0 Å².